The van der Waals surface area contributed by atoms with Crippen molar-refractivity contribution in [1.82, 2.24) is 19.9 Å². The van der Waals surface area contributed by atoms with E-state index in [0.29, 0.717) is 0 Å². The zero-order chi connectivity index (χ0) is 12.5. The standard InChI is InChI=1S/C12H15N5S/c1-3-9-10-11(14-8-13-9)15-12(18-10)17-6-4-16(2)5-7-17/h3,8H,1,4-7H2,2H3. The number of piperazine rings is 1. The summed E-state index contributed by atoms with van der Waals surface area (Å²) in [6.07, 6.45) is 3.31. The van der Waals surface area contributed by atoms with Gasteiger partial charge in [-0.25, -0.2) is 9.97 Å². The van der Waals surface area contributed by atoms with Gasteiger partial charge < -0.3 is 9.80 Å². The Morgan fingerprint density at radius 2 is 2.06 bits per heavy atom. The van der Waals surface area contributed by atoms with E-state index >= 15 is 0 Å². The highest BCUT2D eigenvalue weighted by Gasteiger charge is 2.18. The van der Waals surface area contributed by atoms with Crippen LogP contribution in [0.25, 0.3) is 16.4 Å². The van der Waals surface area contributed by atoms with Crippen LogP contribution in [0.4, 0.5) is 5.13 Å². The molecule has 0 spiro atoms. The van der Waals surface area contributed by atoms with Gasteiger partial charge in [0.2, 0.25) is 0 Å². The van der Waals surface area contributed by atoms with E-state index in [1.807, 2.05) is 0 Å². The molecule has 0 atom stereocenters. The highest BCUT2D eigenvalue weighted by atomic mass is 32.1. The number of hydrogen-bond donors (Lipinski definition) is 0. The minimum atomic E-state index is 0.777. The number of hydrogen-bond acceptors (Lipinski definition) is 6. The summed E-state index contributed by atoms with van der Waals surface area (Å²) >= 11 is 1.66. The average molecular weight is 261 g/mol. The van der Waals surface area contributed by atoms with Crippen LogP contribution in [0.3, 0.4) is 0 Å². The molecule has 2 aromatic rings. The fourth-order valence-corrected chi connectivity index (χ4v) is 3.09. The zero-order valence-corrected chi connectivity index (χ0v) is 11.2. The smallest absolute Gasteiger partial charge is 0.188 e. The molecule has 94 valence electrons. The maximum atomic E-state index is 4.60. The second kappa shape index (κ2) is 4.62. The van der Waals surface area contributed by atoms with E-state index in [9.17, 15) is 0 Å². The van der Waals surface area contributed by atoms with Gasteiger partial charge in [-0.2, -0.15) is 4.98 Å². The Hall–Kier alpha value is -1.53. The SMILES string of the molecule is C=Cc1ncnc2nc(N3CCN(C)CC3)sc12. The number of rotatable bonds is 2. The third-order valence-electron chi connectivity index (χ3n) is 3.17. The summed E-state index contributed by atoms with van der Waals surface area (Å²) in [6.45, 7) is 7.98. The van der Waals surface area contributed by atoms with Crippen LogP contribution in [-0.2, 0) is 0 Å². The molecule has 2 aromatic heterocycles. The fraction of sp³-hybridized carbons (Fsp3) is 0.417. The Labute approximate surface area is 110 Å². The van der Waals surface area contributed by atoms with Crippen molar-refractivity contribution in [2.45, 2.75) is 0 Å². The van der Waals surface area contributed by atoms with Gasteiger partial charge in [0.05, 0.1) is 5.69 Å². The number of likely N-dealkylation sites (N-methyl/N-ethyl adjacent to an activating group) is 1. The average Bonchev–Trinajstić information content (AvgIpc) is 2.83. The van der Waals surface area contributed by atoms with Gasteiger partial charge in [0.1, 0.15) is 11.0 Å². The summed E-state index contributed by atoms with van der Waals surface area (Å²) in [6, 6.07) is 0. The van der Waals surface area contributed by atoms with Gasteiger partial charge in [0, 0.05) is 26.2 Å². The van der Waals surface area contributed by atoms with Crippen molar-refractivity contribution in [2.24, 2.45) is 0 Å². The topological polar surface area (TPSA) is 45.2 Å². The first-order valence-corrected chi connectivity index (χ1v) is 6.77. The van der Waals surface area contributed by atoms with Crippen LogP contribution in [0.2, 0.25) is 0 Å². The number of nitrogens with zero attached hydrogens (tertiary/aromatic N) is 5. The van der Waals surface area contributed by atoms with Gasteiger partial charge in [-0.3, -0.25) is 0 Å². The van der Waals surface area contributed by atoms with E-state index in [1.54, 1.807) is 23.7 Å². The zero-order valence-electron chi connectivity index (χ0n) is 10.3. The Morgan fingerprint density at radius 1 is 1.28 bits per heavy atom. The summed E-state index contributed by atoms with van der Waals surface area (Å²) in [4.78, 5) is 17.7. The largest absolute Gasteiger partial charge is 0.345 e. The van der Waals surface area contributed by atoms with Gasteiger partial charge in [-0.1, -0.05) is 17.9 Å². The van der Waals surface area contributed by atoms with Crippen molar-refractivity contribution < 1.29 is 0 Å². The number of anilines is 1. The highest BCUT2D eigenvalue weighted by Crippen LogP contribution is 2.30. The van der Waals surface area contributed by atoms with Crippen molar-refractivity contribution in [3.8, 4) is 0 Å². The molecular formula is C12H15N5S. The van der Waals surface area contributed by atoms with Gasteiger partial charge in [-0.15, -0.1) is 0 Å². The minimum absolute atomic E-state index is 0.777. The number of fused-ring (bicyclic) bond motifs is 1. The molecule has 18 heavy (non-hydrogen) atoms. The van der Waals surface area contributed by atoms with E-state index in [4.69, 9.17) is 0 Å². The Balaban J connectivity index is 1.96. The van der Waals surface area contributed by atoms with E-state index in [0.717, 1.165) is 47.4 Å². The van der Waals surface area contributed by atoms with Crippen molar-refractivity contribution in [3.63, 3.8) is 0 Å². The lowest BCUT2D eigenvalue weighted by atomic mass is 10.3. The number of aromatic nitrogens is 3. The van der Waals surface area contributed by atoms with Crippen LogP contribution in [0.5, 0.6) is 0 Å². The van der Waals surface area contributed by atoms with Gasteiger partial charge >= 0.3 is 0 Å². The summed E-state index contributed by atoms with van der Waals surface area (Å²) in [7, 11) is 2.15. The van der Waals surface area contributed by atoms with Crippen molar-refractivity contribution >= 4 is 32.9 Å². The molecular weight excluding hydrogens is 246 g/mol. The molecule has 0 aromatic carbocycles. The predicted octanol–water partition coefficient (Wildman–Crippen LogP) is 1.48. The van der Waals surface area contributed by atoms with Crippen molar-refractivity contribution in [1.29, 1.82) is 0 Å². The first-order chi connectivity index (χ1) is 8.78. The highest BCUT2D eigenvalue weighted by molar-refractivity contribution is 7.22. The molecule has 3 rings (SSSR count). The summed E-state index contributed by atoms with van der Waals surface area (Å²) < 4.78 is 1.03. The lowest BCUT2D eigenvalue weighted by Crippen LogP contribution is -2.44. The van der Waals surface area contributed by atoms with Gasteiger partial charge in [0.25, 0.3) is 0 Å². The third-order valence-corrected chi connectivity index (χ3v) is 4.30. The molecule has 0 unspecified atom stereocenters. The van der Waals surface area contributed by atoms with Crippen molar-refractivity contribution in [3.05, 3.63) is 18.6 Å². The van der Waals surface area contributed by atoms with E-state index in [2.05, 4.69) is 38.4 Å². The van der Waals surface area contributed by atoms with Crippen molar-refractivity contribution in [2.75, 3.05) is 38.1 Å². The molecule has 1 saturated heterocycles. The first kappa shape index (κ1) is 11.6. The Bertz CT molecular complexity index is 571. The predicted molar refractivity (Wildman–Crippen MR) is 75.0 cm³/mol. The van der Waals surface area contributed by atoms with Gasteiger partial charge in [-0.05, 0) is 13.1 Å². The van der Waals surface area contributed by atoms with Crippen LogP contribution >= 0.6 is 11.3 Å². The second-order valence-corrected chi connectivity index (χ2v) is 5.38. The lowest BCUT2D eigenvalue weighted by molar-refractivity contribution is 0.313. The molecule has 0 saturated carbocycles. The maximum Gasteiger partial charge on any atom is 0.188 e. The summed E-state index contributed by atoms with van der Waals surface area (Å²) in [5.41, 5.74) is 1.65. The number of thiazole rings is 1. The molecule has 5 nitrogen and oxygen atoms in total. The molecule has 1 aliphatic rings. The van der Waals surface area contributed by atoms with Gasteiger partial charge in [0.15, 0.2) is 10.8 Å². The monoisotopic (exact) mass is 261 g/mol. The van der Waals surface area contributed by atoms with Crippen LogP contribution < -0.4 is 4.90 Å². The Morgan fingerprint density at radius 3 is 2.78 bits per heavy atom. The summed E-state index contributed by atoms with van der Waals surface area (Å²) in [5, 5.41) is 1.04. The second-order valence-electron chi connectivity index (χ2n) is 4.40. The van der Waals surface area contributed by atoms with E-state index < -0.39 is 0 Å². The van der Waals surface area contributed by atoms with Crippen LogP contribution in [0.1, 0.15) is 5.69 Å². The third kappa shape index (κ3) is 1.97. The van der Waals surface area contributed by atoms with Crippen LogP contribution in [0, 0.1) is 0 Å². The molecule has 3 heterocycles. The molecule has 6 heteroatoms. The normalized spacial score (nSPS) is 17.3. The first-order valence-electron chi connectivity index (χ1n) is 5.95. The lowest BCUT2D eigenvalue weighted by Gasteiger charge is -2.31. The molecule has 0 bridgehead atoms. The molecule has 0 aliphatic carbocycles. The molecule has 0 N–H and O–H groups in total. The van der Waals surface area contributed by atoms with Crippen LogP contribution in [-0.4, -0.2) is 53.1 Å². The van der Waals surface area contributed by atoms with E-state index in [1.165, 1.54) is 0 Å². The molecule has 1 aliphatic heterocycles. The fourth-order valence-electron chi connectivity index (χ4n) is 2.04. The molecule has 0 amide bonds. The quantitative estimate of drug-likeness (QED) is 0.819. The Kier molecular flexibility index (Phi) is 2.97. The van der Waals surface area contributed by atoms with Crippen LogP contribution in [0.15, 0.2) is 12.9 Å². The maximum absolute atomic E-state index is 4.60. The van der Waals surface area contributed by atoms with E-state index in [-0.39, 0.29) is 0 Å². The minimum Gasteiger partial charge on any atom is -0.345 e. The summed E-state index contributed by atoms with van der Waals surface area (Å²) in [5.74, 6) is 0. The molecule has 0 radical (unpaired) electrons. The molecule has 1 fully saturated rings.